The normalized spacial score (nSPS) is 10.4. The molecule has 0 saturated carbocycles. The smallest absolute Gasteiger partial charge is 0.346 e. The SMILES string of the molecule is COc1ccc(CC(=O)OOCCc2ccc(Cl)cc2O)cc1OC. The van der Waals surface area contributed by atoms with Gasteiger partial charge >= 0.3 is 5.97 Å². The number of phenolic OH excluding ortho intramolecular Hbond substituents is 1. The quantitative estimate of drug-likeness (QED) is 0.439. The summed E-state index contributed by atoms with van der Waals surface area (Å²) < 4.78 is 10.3. The largest absolute Gasteiger partial charge is 0.508 e. The van der Waals surface area contributed by atoms with Gasteiger partial charge in [-0.25, -0.2) is 4.79 Å². The van der Waals surface area contributed by atoms with E-state index in [-0.39, 0.29) is 18.8 Å². The monoisotopic (exact) mass is 366 g/mol. The molecule has 2 rings (SSSR count). The predicted octanol–water partition coefficient (Wildman–Crippen LogP) is 3.32. The zero-order chi connectivity index (χ0) is 18.2. The Morgan fingerprint density at radius 2 is 1.84 bits per heavy atom. The van der Waals surface area contributed by atoms with E-state index in [1.54, 1.807) is 30.3 Å². The van der Waals surface area contributed by atoms with E-state index in [4.69, 9.17) is 30.8 Å². The first kappa shape index (κ1) is 18.9. The molecule has 7 heteroatoms. The molecule has 0 atom stereocenters. The maximum Gasteiger partial charge on any atom is 0.346 e. The van der Waals surface area contributed by atoms with Gasteiger partial charge in [-0.2, -0.15) is 4.89 Å². The van der Waals surface area contributed by atoms with Crippen molar-refractivity contribution in [2.24, 2.45) is 0 Å². The summed E-state index contributed by atoms with van der Waals surface area (Å²) in [6.07, 6.45) is 0.416. The van der Waals surface area contributed by atoms with Crippen LogP contribution in [0.15, 0.2) is 36.4 Å². The molecule has 0 aliphatic heterocycles. The first-order valence-electron chi connectivity index (χ1n) is 7.54. The number of aromatic hydroxyl groups is 1. The van der Waals surface area contributed by atoms with Crippen LogP contribution in [0.1, 0.15) is 11.1 Å². The summed E-state index contributed by atoms with van der Waals surface area (Å²) in [7, 11) is 3.06. The molecule has 0 fully saturated rings. The van der Waals surface area contributed by atoms with E-state index in [0.29, 0.717) is 34.1 Å². The van der Waals surface area contributed by atoms with Crippen LogP contribution in [0.5, 0.6) is 17.2 Å². The minimum atomic E-state index is -0.535. The Balaban J connectivity index is 1.79. The zero-order valence-electron chi connectivity index (χ0n) is 14.0. The highest BCUT2D eigenvalue weighted by Crippen LogP contribution is 2.27. The van der Waals surface area contributed by atoms with Crippen LogP contribution in [0.4, 0.5) is 0 Å². The Hall–Kier alpha value is -2.44. The van der Waals surface area contributed by atoms with Crippen molar-refractivity contribution in [3.8, 4) is 17.2 Å². The molecule has 0 heterocycles. The Labute approximate surface area is 150 Å². The van der Waals surface area contributed by atoms with Gasteiger partial charge in [0.25, 0.3) is 0 Å². The highest BCUT2D eigenvalue weighted by molar-refractivity contribution is 6.30. The van der Waals surface area contributed by atoms with Crippen molar-refractivity contribution in [1.82, 2.24) is 0 Å². The molecule has 25 heavy (non-hydrogen) atoms. The number of rotatable bonds is 8. The van der Waals surface area contributed by atoms with E-state index in [2.05, 4.69) is 0 Å². The second-order valence-corrected chi connectivity index (χ2v) is 5.60. The third kappa shape index (κ3) is 5.55. The van der Waals surface area contributed by atoms with Crippen molar-refractivity contribution in [3.05, 3.63) is 52.5 Å². The number of benzene rings is 2. The van der Waals surface area contributed by atoms with E-state index < -0.39 is 5.97 Å². The third-order valence-electron chi connectivity index (χ3n) is 3.45. The van der Waals surface area contributed by atoms with Crippen molar-refractivity contribution in [2.45, 2.75) is 12.8 Å². The van der Waals surface area contributed by atoms with Gasteiger partial charge in [0.1, 0.15) is 5.75 Å². The van der Waals surface area contributed by atoms with E-state index >= 15 is 0 Å². The molecule has 1 N–H and O–H groups in total. The van der Waals surface area contributed by atoms with Crippen LogP contribution in [0, 0.1) is 0 Å². The van der Waals surface area contributed by atoms with Crippen LogP contribution in [-0.2, 0) is 27.4 Å². The molecule has 0 aliphatic carbocycles. The summed E-state index contributed by atoms with van der Waals surface area (Å²) in [5.41, 5.74) is 1.36. The van der Waals surface area contributed by atoms with E-state index in [1.807, 2.05) is 0 Å². The lowest BCUT2D eigenvalue weighted by Crippen LogP contribution is -2.10. The molecule has 0 radical (unpaired) electrons. The molecule has 0 aliphatic rings. The minimum absolute atomic E-state index is 0.0343. The average molecular weight is 367 g/mol. The number of hydrogen-bond donors (Lipinski definition) is 1. The number of methoxy groups -OCH3 is 2. The molecular formula is C18H19ClO6. The van der Waals surface area contributed by atoms with Gasteiger partial charge in [-0.15, -0.1) is 0 Å². The molecule has 2 aromatic rings. The van der Waals surface area contributed by atoms with Crippen LogP contribution in [-0.4, -0.2) is 31.9 Å². The van der Waals surface area contributed by atoms with Crippen molar-refractivity contribution >= 4 is 17.6 Å². The topological polar surface area (TPSA) is 74.2 Å². The standard InChI is InChI=1S/C18H19ClO6/c1-22-16-6-3-12(9-17(16)23-2)10-18(21)25-24-8-7-13-4-5-14(19)11-15(13)20/h3-6,9,11,20H,7-8,10H2,1-2H3. The van der Waals surface area contributed by atoms with Crippen LogP contribution in [0.2, 0.25) is 5.02 Å². The molecule has 0 aromatic heterocycles. The number of hydrogen-bond acceptors (Lipinski definition) is 6. The number of halogens is 1. The van der Waals surface area contributed by atoms with Crippen LogP contribution >= 0.6 is 11.6 Å². The minimum Gasteiger partial charge on any atom is -0.508 e. The molecule has 2 aromatic carbocycles. The number of phenols is 1. The molecule has 134 valence electrons. The van der Waals surface area contributed by atoms with Crippen molar-refractivity contribution in [2.75, 3.05) is 20.8 Å². The van der Waals surface area contributed by atoms with Gasteiger partial charge in [0, 0.05) is 11.4 Å². The molecule has 6 nitrogen and oxygen atoms in total. The van der Waals surface area contributed by atoms with E-state index in [9.17, 15) is 9.90 Å². The average Bonchev–Trinajstić information content (AvgIpc) is 2.60. The van der Waals surface area contributed by atoms with E-state index in [0.717, 1.165) is 0 Å². The fraction of sp³-hybridized carbons (Fsp3) is 0.278. The molecule has 0 amide bonds. The maximum atomic E-state index is 11.8. The zero-order valence-corrected chi connectivity index (χ0v) is 14.7. The summed E-state index contributed by atoms with van der Waals surface area (Å²) in [4.78, 5) is 21.5. The van der Waals surface area contributed by atoms with Crippen LogP contribution < -0.4 is 9.47 Å². The number of carbonyl (C=O) groups excluding carboxylic acids is 1. The van der Waals surface area contributed by atoms with Gasteiger partial charge in [0.05, 0.1) is 27.2 Å². The summed E-state index contributed by atoms with van der Waals surface area (Å²) in [6, 6.07) is 9.96. The molecule has 0 bridgehead atoms. The lowest BCUT2D eigenvalue weighted by molar-refractivity contribution is -0.271. The first-order chi connectivity index (χ1) is 12.0. The fourth-order valence-corrected chi connectivity index (χ4v) is 2.36. The lowest BCUT2D eigenvalue weighted by atomic mass is 10.1. The van der Waals surface area contributed by atoms with Gasteiger partial charge in [-0.1, -0.05) is 23.7 Å². The predicted molar refractivity (Wildman–Crippen MR) is 92.1 cm³/mol. The Bertz CT molecular complexity index is 732. The number of ether oxygens (including phenoxy) is 2. The van der Waals surface area contributed by atoms with Gasteiger partial charge in [-0.05, 0) is 35.4 Å². The van der Waals surface area contributed by atoms with Gasteiger partial charge in [0.2, 0.25) is 0 Å². The van der Waals surface area contributed by atoms with E-state index in [1.165, 1.54) is 20.3 Å². The second kappa shape index (κ2) is 9.15. The van der Waals surface area contributed by atoms with Gasteiger partial charge < -0.3 is 14.6 Å². The van der Waals surface area contributed by atoms with Gasteiger partial charge in [-0.3, -0.25) is 4.89 Å². The Morgan fingerprint density at radius 1 is 1.08 bits per heavy atom. The molecule has 0 saturated heterocycles. The summed E-state index contributed by atoms with van der Waals surface area (Å²) >= 11 is 5.76. The summed E-state index contributed by atoms with van der Waals surface area (Å²) in [5, 5.41) is 10.2. The molecule has 0 unspecified atom stereocenters. The Morgan fingerprint density at radius 3 is 2.52 bits per heavy atom. The molecule has 0 spiro atoms. The highest BCUT2D eigenvalue weighted by Gasteiger charge is 2.10. The fourth-order valence-electron chi connectivity index (χ4n) is 2.19. The maximum absolute atomic E-state index is 11.8. The Kier molecular flexibility index (Phi) is 6.91. The van der Waals surface area contributed by atoms with Crippen molar-refractivity contribution in [3.63, 3.8) is 0 Å². The lowest BCUT2D eigenvalue weighted by Gasteiger charge is -2.09. The van der Waals surface area contributed by atoms with Gasteiger partial charge in [0.15, 0.2) is 11.5 Å². The summed E-state index contributed by atoms with van der Waals surface area (Å²) in [6.45, 7) is 0.118. The molecular weight excluding hydrogens is 348 g/mol. The van der Waals surface area contributed by atoms with Crippen molar-refractivity contribution < 1.29 is 29.1 Å². The van der Waals surface area contributed by atoms with Crippen molar-refractivity contribution in [1.29, 1.82) is 0 Å². The third-order valence-corrected chi connectivity index (χ3v) is 3.69. The second-order valence-electron chi connectivity index (χ2n) is 5.17. The highest BCUT2D eigenvalue weighted by atomic mass is 35.5. The van der Waals surface area contributed by atoms with Crippen LogP contribution in [0.25, 0.3) is 0 Å². The number of carbonyl (C=O) groups is 1. The summed E-state index contributed by atoms with van der Waals surface area (Å²) in [5.74, 6) is 0.658. The van der Waals surface area contributed by atoms with Crippen LogP contribution in [0.3, 0.4) is 0 Å². The first-order valence-corrected chi connectivity index (χ1v) is 7.92.